The number of aromatic amines is 1. The number of nitriles is 1. The van der Waals surface area contributed by atoms with Crippen molar-refractivity contribution in [1.82, 2.24) is 9.97 Å². The molecule has 0 spiro atoms. The van der Waals surface area contributed by atoms with E-state index in [4.69, 9.17) is 4.74 Å². The summed E-state index contributed by atoms with van der Waals surface area (Å²) in [6.45, 7) is -0.560. The Morgan fingerprint density at radius 1 is 1.00 bits per heavy atom. The SMILES string of the molecule is CN(C(=O)c1ccccc1C(=O)OCC(O)=C(C#N)c1nc2ccccc2[nH]1)c1ccccc1. The average molecular weight is 452 g/mol. The van der Waals surface area contributed by atoms with Crippen LogP contribution in [0.5, 0.6) is 0 Å². The number of carbonyl (C=O) groups is 2. The number of amides is 1. The van der Waals surface area contributed by atoms with Gasteiger partial charge in [0.2, 0.25) is 0 Å². The number of H-pyrrole nitrogens is 1. The van der Waals surface area contributed by atoms with Gasteiger partial charge < -0.3 is 19.7 Å². The van der Waals surface area contributed by atoms with Crippen molar-refractivity contribution in [3.05, 3.63) is 102 Å². The van der Waals surface area contributed by atoms with Gasteiger partial charge in [-0.25, -0.2) is 9.78 Å². The standard InChI is InChI=1S/C26H20N4O4/c1-30(17-9-3-2-4-10-17)25(32)18-11-5-6-12-19(18)26(33)34-16-23(31)20(15-27)24-28-21-13-7-8-14-22(21)29-24/h2-14,31H,16H2,1H3,(H,28,29). The fourth-order valence-corrected chi connectivity index (χ4v) is 3.41. The number of para-hydroxylation sites is 3. The van der Waals surface area contributed by atoms with Gasteiger partial charge in [0.15, 0.2) is 11.6 Å². The minimum atomic E-state index is -0.807. The van der Waals surface area contributed by atoms with E-state index in [1.807, 2.05) is 30.3 Å². The number of nitrogens with one attached hydrogen (secondary N) is 1. The number of imidazole rings is 1. The first-order valence-corrected chi connectivity index (χ1v) is 10.4. The summed E-state index contributed by atoms with van der Waals surface area (Å²) in [5.74, 6) is -1.49. The molecule has 0 radical (unpaired) electrons. The maximum absolute atomic E-state index is 13.0. The second-order valence-electron chi connectivity index (χ2n) is 7.36. The van der Waals surface area contributed by atoms with Gasteiger partial charge in [-0.2, -0.15) is 5.26 Å². The Hall–Kier alpha value is -4.90. The van der Waals surface area contributed by atoms with Crippen molar-refractivity contribution >= 4 is 34.2 Å². The number of hydrogen-bond acceptors (Lipinski definition) is 6. The van der Waals surface area contributed by atoms with E-state index in [-0.39, 0.29) is 22.5 Å². The van der Waals surface area contributed by atoms with E-state index < -0.39 is 24.2 Å². The maximum atomic E-state index is 13.0. The van der Waals surface area contributed by atoms with Gasteiger partial charge in [0, 0.05) is 12.7 Å². The van der Waals surface area contributed by atoms with E-state index in [0.29, 0.717) is 16.7 Å². The van der Waals surface area contributed by atoms with Crippen molar-refractivity contribution in [1.29, 1.82) is 5.26 Å². The molecule has 0 aliphatic carbocycles. The van der Waals surface area contributed by atoms with Crippen LogP contribution in [0, 0.1) is 11.3 Å². The Morgan fingerprint density at radius 3 is 2.35 bits per heavy atom. The van der Waals surface area contributed by atoms with Crippen molar-refractivity contribution in [2.45, 2.75) is 0 Å². The number of fused-ring (bicyclic) bond motifs is 1. The number of hydrogen-bond donors (Lipinski definition) is 2. The zero-order chi connectivity index (χ0) is 24.1. The minimum absolute atomic E-state index is 0.0466. The Bertz CT molecular complexity index is 1400. The summed E-state index contributed by atoms with van der Waals surface area (Å²) in [4.78, 5) is 34.5. The number of aliphatic hydroxyl groups is 1. The topological polar surface area (TPSA) is 119 Å². The Morgan fingerprint density at radius 2 is 1.65 bits per heavy atom. The molecule has 0 saturated carbocycles. The van der Waals surface area contributed by atoms with Crippen molar-refractivity contribution < 1.29 is 19.4 Å². The number of benzene rings is 3. The third kappa shape index (κ3) is 4.49. The number of esters is 1. The number of aromatic nitrogens is 2. The molecule has 168 valence electrons. The van der Waals surface area contributed by atoms with Crippen LogP contribution in [-0.4, -0.2) is 40.6 Å². The molecule has 34 heavy (non-hydrogen) atoms. The Labute approximate surface area is 195 Å². The first-order chi connectivity index (χ1) is 16.5. The summed E-state index contributed by atoms with van der Waals surface area (Å²) in [7, 11) is 1.61. The predicted octanol–water partition coefficient (Wildman–Crippen LogP) is 4.49. The van der Waals surface area contributed by atoms with E-state index in [1.165, 1.54) is 17.0 Å². The third-order valence-electron chi connectivity index (χ3n) is 5.19. The van der Waals surface area contributed by atoms with E-state index in [0.717, 1.165) is 0 Å². The number of carbonyl (C=O) groups excluding carboxylic acids is 2. The molecule has 1 aromatic heterocycles. The van der Waals surface area contributed by atoms with Gasteiger partial charge in [-0.05, 0) is 36.4 Å². The summed E-state index contributed by atoms with van der Waals surface area (Å²) in [5.41, 5.74) is 2.05. The molecule has 0 bridgehead atoms. The van der Waals surface area contributed by atoms with E-state index in [1.54, 1.807) is 49.5 Å². The molecule has 0 unspecified atom stereocenters. The molecule has 1 amide bonds. The van der Waals surface area contributed by atoms with Crippen LogP contribution in [0.15, 0.2) is 84.6 Å². The Balaban J connectivity index is 1.54. The average Bonchev–Trinajstić information content (AvgIpc) is 3.31. The van der Waals surface area contributed by atoms with Gasteiger partial charge in [-0.1, -0.05) is 42.5 Å². The number of anilines is 1. The summed E-state index contributed by atoms with van der Waals surface area (Å²) in [6, 6.07) is 24.3. The first-order valence-electron chi connectivity index (χ1n) is 10.4. The molecule has 1 heterocycles. The predicted molar refractivity (Wildman–Crippen MR) is 127 cm³/mol. The number of rotatable bonds is 6. The zero-order valence-corrected chi connectivity index (χ0v) is 18.2. The second-order valence-corrected chi connectivity index (χ2v) is 7.36. The molecular weight excluding hydrogens is 432 g/mol. The largest absolute Gasteiger partial charge is 0.507 e. The van der Waals surface area contributed by atoms with E-state index in [2.05, 4.69) is 9.97 Å². The first kappa shape index (κ1) is 22.3. The van der Waals surface area contributed by atoms with Crippen LogP contribution in [-0.2, 0) is 4.74 Å². The highest BCUT2D eigenvalue weighted by Gasteiger charge is 2.22. The fraction of sp³-hybridized carbons (Fsp3) is 0.0769. The van der Waals surface area contributed by atoms with Crippen LogP contribution < -0.4 is 4.90 Å². The zero-order valence-electron chi connectivity index (χ0n) is 18.2. The molecule has 8 heteroatoms. The molecule has 8 nitrogen and oxygen atoms in total. The number of ether oxygens (including phenoxy) is 1. The van der Waals surface area contributed by atoms with E-state index >= 15 is 0 Å². The van der Waals surface area contributed by atoms with Gasteiger partial charge in [-0.15, -0.1) is 0 Å². The van der Waals surface area contributed by atoms with Crippen LogP contribution in [0.2, 0.25) is 0 Å². The van der Waals surface area contributed by atoms with Crippen molar-refractivity contribution in [2.24, 2.45) is 0 Å². The molecule has 4 aromatic rings. The van der Waals surface area contributed by atoms with E-state index in [9.17, 15) is 20.0 Å². The molecule has 0 atom stereocenters. The maximum Gasteiger partial charge on any atom is 0.339 e. The fourth-order valence-electron chi connectivity index (χ4n) is 3.41. The summed E-state index contributed by atoms with van der Waals surface area (Å²) in [6.07, 6.45) is 0. The highest BCUT2D eigenvalue weighted by atomic mass is 16.5. The molecule has 0 aliphatic rings. The van der Waals surface area contributed by atoms with Crippen LogP contribution in [0.4, 0.5) is 5.69 Å². The van der Waals surface area contributed by atoms with Crippen LogP contribution in [0.3, 0.4) is 0 Å². The summed E-state index contributed by atoms with van der Waals surface area (Å²) in [5, 5.41) is 20.0. The van der Waals surface area contributed by atoms with Crippen LogP contribution in [0.1, 0.15) is 26.5 Å². The smallest absolute Gasteiger partial charge is 0.339 e. The van der Waals surface area contributed by atoms with Gasteiger partial charge in [0.05, 0.1) is 22.2 Å². The van der Waals surface area contributed by atoms with Gasteiger partial charge >= 0.3 is 5.97 Å². The second kappa shape index (κ2) is 9.71. The molecule has 0 saturated heterocycles. The molecule has 4 rings (SSSR count). The quantitative estimate of drug-likeness (QED) is 0.253. The van der Waals surface area contributed by atoms with Gasteiger partial charge in [0.1, 0.15) is 18.2 Å². The highest BCUT2D eigenvalue weighted by molar-refractivity contribution is 6.12. The number of nitrogens with zero attached hydrogens (tertiary/aromatic N) is 3. The van der Waals surface area contributed by atoms with Crippen LogP contribution >= 0.6 is 0 Å². The van der Waals surface area contributed by atoms with Gasteiger partial charge in [-0.3, -0.25) is 4.79 Å². The molecule has 3 aromatic carbocycles. The lowest BCUT2D eigenvalue weighted by Crippen LogP contribution is -2.28. The van der Waals surface area contributed by atoms with Crippen LogP contribution in [0.25, 0.3) is 16.6 Å². The third-order valence-corrected chi connectivity index (χ3v) is 5.19. The normalized spacial score (nSPS) is 11.4. The number of aliphatic hydroxyl groups excluding tert-OH is 1. The lowest BCUT2D eigenvalue weighted by molar-refractivity contribution is 0.0500. The van der Waals surface area contributed by atoms with Crippen molar-refractivity contribution in [2.75, 3.05) is 18.6 Å². The molecular formula is C26H20N4O4. The lowest BCUT2D eigenvalue weighted by atomic mass is 10.1. The van der Waals surface area contributed by atoms with Crippen molar-refractivity contribution in [3.63, 3.8) is 0 Å². The molecule has 0 fully saturated rings. The number of allylic oxidation sites excluding steroid dienone is 1. The lowest BCUT2D eigenvalue weighted by Gasteiger charge is -2.18. The highest BCUT2D eigenvalue weighted by Crippen LogP contribution is 2.21. The Kier molecular flexibility index (Phi) is 6.37. The molecule has 2 N–H and O–H groups in total. The summed E-state index contributed by atoms with van der Waals surface area (Å²) < 4.78 is 5.23. The van der Waals surface area contributed by atoms with Crippen molar-refractivity contribution in [3.8, 4) is 6.07 Å². The monoisotopic (exact) mass is 452 g/mol. The van der Waals surface area contributed by atoms with Gasteiger partial charge in [0.25, 0.3) is 5.91 Å². The minimum Gasteiger partial charge on any atom is -0.507 e. The summed E-state index contributed by atoms with van der Waals surface area (Å²) >= 11 is 0. The molecule has 0 aliphatic heterocycles.